The molecule has 140 valence electrons. The van der Waals surface area contributed by atoms with Crippen molar-refractivity contribution in [2.75, 3.05) is 25.0 Å². The van der Waals surface area contributed by atoms with Gasteiger partial charge in [-0.05, 0) is 25.2 Å². The molecule has 3 rings (SSSR count). The molecule has 0 heterocycles. The van der Waals surface area contributed by atoms with Gasteiger partial charge in [-0.3, -0.25) is 9.89 Å². The Bertz CT molecular complexity index is 935. The first-order valence-corrected chi connectivity index (χ1v) is 9.19. The fraction of sp³-hybridized carbons (Fsp3) is 0.227. The third-order valence-corrected chi connectivity index (χ3v) is 4.63. The van der Waals surface area contributed by atoms with Crippen molar-refractivity contribution in [3.8, 4) is 11.5 Å². The van der Waals surface area contributed by atoms with Crippen molar-refractivity contribution < 1.29 is 10.2 Å². The van der Waals surface area contributed by atoms with Crippen LogP contribution in [0.1, 0.15) is 13.8 Å². The molecule has 3 N–H and O–H groups in total. The van der Waals surface area contributed by atoms with Crippen LogP contribution in [0.4, 0.5) is 17.1 Å². The van der Waals surface area contributed by atoms with Crippen LogP contribution in [-0.4, -0.2) is 41.0 Å². The second-order valence-electron chi connectivity index (χ2n) is 6.25. The van der Waals surface area contributed by atoms with Gasteiger partial charge in [0.1, 0.15) is 17.1 Å². The zero-order valence-corrected chi connectivity index (χ0v) is 15.7. The fourth-order valence-corrected chi connectivity index (χ4v) is 3.03. The Kier molecular flexibility index (Phi) is 5.94. The van der Waals surface area contributed by atoms with E-state index in [1.54, 1.807) is 18.3 Å². The number of para-hydroxylation sites is 1. The lowest BCUT2D eigenvalue weighted by atomic mass is 10.0. The van der Waals surface area contributed by atoms with Crippen LogP contribution in [-0.2, 0) is 0 Å². The number of anilines is 2. The lowest BCUT2D eigenvalue weighted by Crippen LogP contribution is -2.24. The molecule has 0 aliphatic heterocycles. The van der Waals surface area contributed by atoms with Crippen molar-refractivity contribution >= 4 is 34.0 Å². The number of aliphatic imine (C=N–C) groups is 1. The molecule has 0 aromatic heterocycles. The topological polar surface area (TPSA) is 68.1 Å². The highest BCUT2D eigenvalue weighted by atomic mass is 16.3. The van der Waals surface area contributed by atoms with Crippen LogP contribution in [0.2, 0.25) is 0 Å². The zero-order chi connectivity index (χ0) is 19.2. The summed E-state index contributed by atoms with van der Waals surface area (Å²) in [5, 5.41) is 26.0. The molecule has 3 aromatic rings. The average Bonchev–Trinajstić information content (AvgIpc) is 2.72. The first kappa shape index (κ1) is 18.7. The summed E-state index contributed by atoms with van der Waals surface area (Å²) in [6.45, 7) is 6.71. The standard InChI is InChI=1S/C22H25N3O2/c1-3-25(4-2)15-14-23-19-20(24-16-10-6-5-7-11-16)22(27)18-13-9-8-12-17(18)21(19)26/h5-14,24,26-27H,3-4,15H2,1-2H3. The van der Waals surface area contributed by atoms with Crippen molar-refractivity contribution in [3.63, 3.8) is 0 Å². The third kappa shape index (κ3) is 4.04. The predicted octanol–water partition coefficient (Wildman–Crippen LogP) is 5.04. The van der Waals surface area contributed by atoms with Gasteiger partial charge in [0.05, 0.1) is 0 Å². The smallest absolute Gasteiger partial charge is 0.151 e. The van der Waals surface area contributed by atoms with Gasteiger partial charge in [0.15, 0.2) is 5.75 Å². The quantitative estimate of drug-likeness (QED) is 0.312. The molecular formula is C22H25N3O2. The van der Waals surface area contributed by atoms with E-state index in [-0.39, 0.29) is 11.5 Å². The molecule has 0 atom stereocenters. The summed E-state index contributed by atoms with van der Waals surface area (Å²) in [4.78, 5) is 6.72. The van der Waals surface area contributed by atoms with Gasteiger partial charge in [0.2, 0.25) is 0 Å². The van der Waals surface area contributed by atoms with Crippen molar-refractivity contribution in [1.82, 2.24) is 4.90 Å². The van der Waals surface area contributed by atoms with Gasteiger partial charge in [-0.25, -0.2) is 0 Å². The Morgan fingerprint density at radius 3 is 2.11 bits per heavy atom. The second-order valence-corrected chi connectivity index (χ2v) is 6.25. The van der Waals surface area contributed by atoms with E-state index in [1.807, 2.05) is 42.5 Å². The van der Waals surface area contributed by atoms with Crippen LogP contribution in [0.5, 0.6) is 11.5 Å². The van der Waals surface area contributed by atoms with Gasteiger partial charge in [0.25, 0.3) is 0 Å². The highest BCUT2D eigenvalue weighted by Crippen LogP contribution is 2.49. The zero-order valence-electron chi connectivity index (χ0n) is 15.7. The second kappa shape index (κ2) is 8.56. The van der Waals surface area contributed by atoms with Gasteiger partial charge in [-0.1, -0.05) is 56.3 Å². The van der Waals surface area contributed by atoms with E-state index in [0.29, 0.717) is 28.7 Å². The monoisotopic (exact) mass is 363 g/mol. The molecule has 0 radical (unpaired) electrons. The van der Waals surface area contributed by atoms with Crippen molar-refractivity contribution in [1.29, 1.82) is 0 Å². The van der Waals surface area contributed by atoms with Gasteiger partial charge < -0.3 is 15.5 Å². The maximum absolute atomic E-state index is 10.9. The molecule has 5 heteroatoms. The molecule has 27 heavy (non-hydrogen) atoms. The minimum Gasteiger partial charge on any atom is -0.505 e. The van der Waals surface area contributed by atoms with Crippen LogP contribution < -0.4 is 5.32 Å². The molecule has 0 aliphatic carbocycles. The largest absolute Gasteiger partial charge is 0.505 e. The van der Waals surface area contributed by atoms with Gasteiger partial charge in [0, 0.05) is 29.2 Å². The average molecular weight is 363 g/mol. The summed E-state index contributed by atoms with van der Waals surface area (Å²) in [5.41, 5.74) is 1.54. The SMILES string of the molecule is CCN(CC)CC=Nc1c(Nc2ccccc2)c(O)c2ccccc2c1O. The molecule has 0 spiro atoms. The number of rotatable bonds is 7. The Labute approximate surface area is 159 Å². The number of hydrogen-bond acceptors (Lipinski definition) is 5. The lowest BCUT2D eigenvalue weighted by Gasteiger charge is -2.17. The summed E-state index contributed by atoms with van der Waals surface area (Å²) in [5.74, 6) is 0.125. The van der Waals surface area contributed by atoms with Crippen LogP contribution in [0.25, 0.3) is 10.8 Å². The molecule has 0 saturated heterocycles. The minimum atomic E-state index is 0.0534. The van der Waals surface area contributed by atoms with Gasteiger partial charge in [-0.2, -0.15) is 0 Å². The van der Waals surface area contributed by atoms with Crippen LogP contribution in [0, 0.1) is 0 Å². The Morgan fingerprint density at radius 1 is 0.889 bits per heavy atom. The van der Waals surface area contributed by atoms with E-state index in [4.69, 9.17) is 0 Å². The molecule has 0 fully saturated rings. The number of benzene rings is 3. The van der Waals surface area contributed by atoms with Gasteiger partial charge in [-0.15, -0.1) is 0 Å². The third-order valence-electron chi connectivity index (χ3n) is 4.63. The van der Waals surface area contributed by atoms with E-state index in [0.717, 1.165) is 18.8 Å². The molecular weight excluding hydrogens is 338 g/mol. The molecule has 3 aromatic carbocycles. The van der Waals surface area contributed by atoms with Crippen molar-refractivity contribution in [2.45, 2.75) is 13.8 Å². The van der Waals surface area contributed by atoms with Gasteiger partial charge >= 0.3 is 0 Å². The number of hydrogen-bond donors (Lipinski definition) is 3. The fourth-order valence-electron chi connectivity index (χ4n) is 3.03. The molecule has 0 bridgehead atoms. The number of nitrogens with zero attached hydrogens (tertiary/aromatic N) is 2. The maximum Gasteiger partial charge on any atom is 0.151 e. The Morgan fingerprint density at radius 2 is 1.48 bits per heavy atom. The van der Waals surface area contributed by atoms with E-state index < -0.39 is 0 Å². The maximum atomic E-state index is 10.9. The summed E-state index contributed by atoms with van der Waals surface area (Å²) in [6.07, 6.45) is 1.77. The molecule has 0 aliphatic rings. The predicted molar refractivity (Wildman–Crippen MR) is 113 cm³/mol. The first-order chi connectivity index (χ1) is 13.2. The van der Waals surface area contributed by atoms with Crippen LogP contribution in [0.15, 0.2) is 59.6 Å². The number of phenolic OH excluding ortho intramolecular Hbond substituents is 2. The molecule has 0 saturated carbocycles. The highest BCUT2D eigenvalue weighted by molar-refractivity contribution is 6.05. The minimum absolute atomic E-state index is 0.0534. The van der Waals surface area contributed by atoms with E-state index >= 15 is 0 Å². The van der Waals surface area contributed by atoms with E-state index in [9.17, 15) is 10.2 Å². The molecule has 5 nitrogen and oxygen atoms in total. The number of fused-ring (bicyclic) bond motifs is 1. The molecule has 0 amide bonds. The highest BCUT2D eigenvalue weighted by Gasteiger charge is 2.18. The molecule has 0 unspecified atom stereocenters. The summed E-state index contributed by atoms with van der Waals surface area (Å²) in [6, 6.07) is 16.7. The Balaban J connectivity index is 2.09. The number of nitrogens with one attached hydrogen (secondary N) is 1. The Hall–Kier alpha value is -3.05. The summed E-state index contributed by atoms with van der Waals surface area (Å²) >= 11 is 0. The first-order valence-electron chi connectivity index (χ1n) is 9.19. The van der Waals surface area contributed by atoms with Crippen LogP contribution in [0.3, 0.4) is 0 Å². The van der Waals surface area contributed by atoms with Crippen molar-refractivity contribution in [3.05, 3.63) is 54.6 Å². The lowest BCUT2D eigenvalue weighted by molar-refractivity contribution is 0.349. The van der Waals surface area contributed by atoms with E-state index in [1.165, 1.54) is 0 Å². The normalized spacial score (nSPS) is 11.5. The number of aromatic hydroxyl groups is 2. The number of phenols is 2. The summed E-state index contributed by atoms with van der Waals surface area (Å²) < 4.78 is 0. The van der Waals surface area contributed by atoms with Crippen LogP contribution >= 0.6 is 0 Å². The summed E-state index contributed by atoms with van der Waals surface area (Å²) in [7, 11) is 0. The van der Waals surface area contributed by atoms with Crippen molar-refractivity contribution in [2.24, 2.45) is 4.99 Å². The van der Waals surface area contributed by atoms with E-state index in [2.05, 4.69) is 29.1 Å².